The summed E-state index contributed by atoms with van der Waals surface area (Å²) >= 11 is 0. The summed E-state index contributed by atoms with van der Waals surface area (Å²) in [6.45, 7) is 13.5. The third-order valence-electron chi connectivity index (χ3n) is 5.02. The predicted octanol–water partition coefficient (Wildman–Crippen LogP) is 2.37. The lowest BCUT2D eigenvalue weighted by atomic mass is 9.72. The fraction of sp³-hybridized carbons (Fsp3) is 1.00. The van der Waals surface area contributed by atoms with Crippen LogP contribution in [-0.4, -0.2) is 49.8 Å². The largest absolute Gasteiger partial charge is 0.373 e. The zero-order valence-electron chi connectivity index (χ0n) is 13.4. The van der Waals surface area contributed by atoms with Gasteiger partial charge in [-0.3, -0.25) is 4.90 Å². The van der Waals surface area contributed by atoms with E-state index in [1.807, 2.05) is 0 Å². The molecule has 0 aromatic rings. The first-order valence-corrected chi connectivity index (χ1v) is 7.95. The second-order valence-electron chi connectivity index (χ2n) is 7.46. The van der Waals surface area contributed by atoms with Crippen LogP contribution >= 0.6 is 0 Å². The van der Waals surface area contributed by atoms with Gasteiger partial charge >= 0.3 is 0 Å². The van der Waals surface area contributed by atoms with Gasteiger partial charge in [-0.2, -0.15) is 0 Å². The van der Waals surface area contributed by atoms with Crippen molar-refractivity contribution < 1.29 is 4.74 Å². The fourth-order valence-corrected chi connectivity index (χ4v) is 4.12. The third kappa shape index (κ3) is 3.93. The highest BCUT2D eigenvalue weighted by atomic mass is 16.5. The van der Waals surface area contributed by atoms with Crippen molar-refractivity contribution in [3.63, 3.8) is 0 Å². The number of hydrogen-bond acceptors (Lipinski definition) is 3. The molecule has 0 radical (unpaired) electrons. The molecule has 0 bridgehead atoms. The van der Waals surface area contributed by atoms with Gasteiger partial charge in [0.15, 0.2) is 0 Å². The lowest BCUT2D eigenvalue weighted by molar-refractivity contribution is -0.0930. The maximum atomic E-state index is 5.82. The highest BCUT2D eigenvalue weighted by molar-refractivity contribution is 4.90. The molecular weight excluding hydrogens is 236 g/mol. The summed E-state index contributed by atoms with van der Waals surface area (Å²) < 4.78 is 5.82. The third-order valence-corrected chi connectivity index (χ3v) is 5.02. The Kier molecular flexibility index (Phi) is 4.91. The molecule has 0 spiro atoms. The van der Waals surface area contributed by atoms with Gasteiger partial charge < -0.3 is 10.1 Å². The number of rotatable bonds is 3. The van der Waals surface area contributed by atoms with E-state index in [4.69, 9.17) is 4.74 Å². The zero-order chi connectivity index (χ0) is 14.0. The summed E-state index contributed by atoms with van der Waals surface area (Å²) in [5, 5.41) is 3.57. The van der Waals surface area contributed by atoms with Crippen molar-refractivity contribution in [1.82, 2.24) is 10.2 Å². The van der Waals surface area contributed by atoms with Crippen LogP contribution in [-0.2, 0) is 4.74 Å². The second-order valence-corrected chi connectivity index (χ2v) is 7.46. The van der Waals surface area contributed by atoms with E-state index in [2.05, 4.69) is 45.0 Å². The summed E-state index contributed by atoms with van der Waals surface area (Å²) in [5.74, 6) is 2.48. The maximum absolute atomic E-state index is 5.82. The Morgan fingerprint density at radius 3 is 2.63 bits per heavy atom. The van der Waals surface area contributed by atoms with Gasteiger partial charge in [-0.25, -0.2) is 0 Å². The van der Waals surface area contributed by atoms with Gasteiger partial charge in [0.05, 0.1) is 12.2 Å². The average molecular weight is 268 g/mol. The number of nitrogens with one attached hydrogen (secondary N) is 1. The summed E-state index contributed by atoms with van der Waals surface area (Å²) in [6.07, 6.45) is 2.72. The topological polar surface area (TPSA) is 24.5 Å². The van der Waals surface area contributed by atoms with Crippen molar-refractivity contribution in [2.45, 2.75) is 52.2 Å². The minimum atomic E-state index is 0.0264. The first-order chi connectivity index (χ1) is 8.91. The zero-order valence-corrected chi connectivity index (χ0v) is 13.4. The Labute approximate surface area is 119 Å². The average Bonchev–Trinajstić information content (AvgIpc) is 2.31. The molecule has 1 saturated heterocycles. The van der Waals surface area contributed by atoms with Crippen LogP contribution in [0.25, 0.3) is 0 Å². The van der Waals surface area contributed by atoms with E-state index < -0.39 is 0 Å². The van der Waals surface area contributed by atoms with E-state index in [1.165, 1.54) is 19.4 Å². The minimum absolute atomic E-state index is 0.0264. The van der Waals surface area contributed by atoms with Crippen LogP contribution in [0.2, 0.25) is 0 Å². The molecule has 4 unspecified atom stereocenters. The Bertz CT molecular complexity index is 292. The van der Waals surface area contributed by atoms with Crippen LogP contribution < -0.4 is 5.32 Å². The normalized spacial score (nSPS) is 40.3. The van der Waals surface area contributed by atoms with Crippen LogP contribution in [0.3, 0.4) is 0 Å². The van der Waals surface area contributed by atoms with Crippen molar-refractivity contribution in [1.29, 1.82) is 0 Å². The van der Waals surface area contributed by atoms with Crippen molar-refractivity contribution in [3.8, 4) is 0 Å². The van der Waals surface area contributed by atoms with Gasteiger partial charge in [-0.15, -0.1) is 0 Å². The molecule has 2 aliphatic rings. The molecule has 1 heterocycles. The lowest BCUT2D eigenvalue weighted by Crippen LogP contribution is -2.53. The van der Waals surface area contributed by atoms with Crippen LogP contribution in [0.5, 0.6) is 0 Å². The second kappa shape index (κ2) is 6.11. The van der Waals surface area contributed by atoms with E-state index in [1.54, 1.807) is 0 Å². The van der Waals surface area contributed by atoms with Crippen molar-refractivity contribution >= 4 is 0 Å². The lowest BCUT2D eigenvalue weighted by Gasteiger charge is -2.45. The molecule has 3 nitrogen and oxygen atoms in total. The molecule has 3 heteroatoms. The van der Waals surface area contributed by atoms with Crippen molar-refractivity contribution in [2.75, 3.05) is 33.3 Å². The van der Waals surface area contributed by atoms with Gasteiger partial charge in [0, 0.05) is 25.7 Å². The number of hydrogen-bond donors (Lipinski definition) is 1. The van der Waals surface area contributed by atoms with Gasteiger partial charge in [0.1, 0.15) is 0 Å². The van der Waals surface area contributed by atoms with Gasteiger partial charge in [-0.1, -0.05) is 13.8 Å². The Morgan fingerprint density at radius 2 is 2.00 bits per heavy atom. The van der Waals surface area contributed by atoms with E-state index >= 15 is 0 Å². The highest BCUT2D eigenvalue weighted by Gasteiger charge is 2.36. The van der Waals surface area contributed by atoms with E-state index in [0.717, 1.165) is 37.5 Å². The first kappa shape index (κ1) is 15.3. The predicted molar refractivity (Wildman–Crippen MR) is 80.4 cm³/mol. The number of morpholine rings is 1. The summed E-state index contributed by atoms with van der Waals surface area (Å²) in [7, 11) is 2.13. The Balaban J connectivity index is 1.96. The number of nitrogens with zero attached hydrogens (tertiary/aromatic N) is 1. The molecule has 19 heavy (non-hydrogen) atoms. The smallest absolute Gasteiger partial charge is 0.0753 e. The van der Waals surface area contributed by atoms with Crippen LogP contribution in [0, 0.1) is 17.8 Å². The monoisotopic (exact) mass is 268 g/mol. The van der Waals surface area contributed by atoms with Crippen LogP contribution in [0.1, 0.15) is 40.5 Å². The minimum Gasteiger partial charge on any atom is -0.373 e. The van der Waals surface area contributed by atoms with Crippen molar-refractivity contribution in [3.05, 3.63) is 0 Å². The molecular formula is C16H32N2O. The van der Waals surface area contributed by atoms with E-state index in [-0.39, 0.29) is 5.60 Å². The van der Waals surface area contributed by atoms with Crippen molar-refractivity contribution in [2.24, 2.45) is 17.8 Å². The molecule has 4 atom stereocenters. The Hall–Kier alpha value is -0.120. The maximum Gasteiger partial charge on any atom is 0.0753 e. The molecule has 1 saturated carbocycles. The highest BCUT2D eigenvalue weighted by Crippen LogP contribution is 2.34. The fourth-order valence-electron chi connectivity index (χ4n) is 4.12. The van der Waals surface area contributed by atoms with Gasteiger partial charge in [0.25, 0.3) is 0 Å². The summed E-state index contributed by atoms with van der Waals surface area (Å²) in [4.78, 5) is 2.62. The molecule has 0 amide bonds. The van der Waals surface area contributed by atoms with Gasteiger partial charge in [0.2, 0.25) is 0 Å². The quantitative estimate of drug-likeness (QED) is 0.850. The SMILES string of the molecule is CNC1CC(C)CC(C)C1CN1CCOC(C)(C)C1. The van der Waals surface area contributed by atoms with E-state index in [0.29, 0.717) is 6.04 Å². The van der Waals surface area contributed by atoms with Crippen LogP contribution in [0.4, 0.5) is 0 Å². The van der Waals surface area contributed by atoms with Crippen LogP contribution in [0.15, 0.2) is 0 Å². The Morgan fingerprint density at radius 1 is 1.26 bits per heavy atom. The molecule has 1 aliphatic heterocycles. The van der Waals surface area contributed by atoms with Gasteiger partial charge in [-0.05, 0) is 51.5 Å². The summed E-state index contributed by atoms with van der Waals surface area (Å²) in [5.41, 5.74) is 0.0264. The van der Waals surface area contributed by atoms with E-state index in [9.17, 15) is 0 Å². The molecule has 1 N–H and O–H groups in total. The molecule has 112 valence electrons. The molecule has 1 aliphatic carbocycles. The summed E-state index contributed by atoms with van der Waals surface area (Å²) in [6, 6.07) is 0.685. The first-order valence-electron chi connectivity index (χ1n) is 7.95. The molecule has 0 aromatic carbocycles. The molecule has 2 fully saturated rings. The molecule has 2 rings (SSSR count). The molecule has 0 aromatic heterocycles. The number of ether oxygens (including phenoxy) is 1. The standard InChI is InChI=1S/C16H32N2O/c1-12-8-13(2)14(15(9-12)17-5)10-18-6-7-19-16(3,4)11-18/h12-15,17H,6-11H2,1-5H3.